The summed E-state index contributed by atoms with van der Waals surface area (Å²) in [5, 5.41) is 2.43. The topological polar surface area (TPSA) is 58.6 Å². The second kappa shape index (κ2) is 8.55. The summed E-state index contributed by atoms with van der Waals surface area (Å²) in [6, 6.07) is 12.5. The minimum atomic E-state index is -4.45. The molecule has 148 valence electrons. The molecule has 1 aliphatic heterocycles. The van der Waals surface area contributed by atoms with Gasteiger partial charge in [-0.15, -0.1) is 0 Å². The Balaban J connectivity index is 1.60. The van der Waals surface area contributed by atoms with Crippen molar-refractivity contribution in [2.75, 3.05) is 23.4 Å². The van der Waals surface area contributed by atoms with Crippen LogP contribution >= 0.6 is 11.8 Å². The van der Waals surface area contributed by atoms with Crippen LogP contribution in [0.1, 0.15) is 12.8 Å². The van der Waals surface area contributed by atoms with Crippen molar-refractivity contribution in [2.24, 2.45) is 0 Å². The number of hydrogen-bond acceptors (Lipinski definition) is 4. The number of para-hydroxylation sites is 1. The number of halogens is 3. The summed E-state index contributed by atoms with van der Waals surface area (Å²) >= 11 is -0.293. The number of ether oxygens (including phenoxy) is 1. The van der Waals surface area contributed by atoms with E-state index < -0.39 is 11.4 Å². The van der Waals surface area contributed by atoms with Crippen molar-refractivity contribution < 1.29 is 27.5 Å². The Morgan fingerprint density at radius 2 is 1.96 bits per heavy atom. The quantitative estimate of drug-likeness (QED) is 0.716. The van der Waals surface area contributed by atoms with Gasteiger partial charge in [-0.2, -0.15) is 13.2 Å². The highest BCUT2D eigenvalue weighted by atomic mass is 32.2. The van der Waals surface area contributed by atoms with Gasteiger partial charge in [0.1, 0.15) is 5.75 Å². The summed E-state index contributed by atoms with van der Waals surface area (Å²) in [5.41, 5.74) is -3.70. The number of amides is 2. The van der Waals surface area contributed by atoms with Gasteiger partial charge in [-0.1, -0.05) is 18.2 Å². The molecule has 0 atom stereocenters. The molecular formula is C19H17F3N2O3S. The van der Waals surface area contributed by atoms with E-state index in [1.165, 1.54) is 24.3 Å². The minimum Gasteiger partial charge on any atom is -0.484 e. The van der Waals surface area contributed by atoms with Crippen molar-refractivity contribution in [3.63, 3.8) is 0 Å². The molecule has 0 unspecified atom stereocenters. The molecule has 9 heteroatoms. The summed E-state index contributed by atoms with van der Waals surface area (Å²) in [5.74, 6) is -0.156. The van der Waals surface area contributed by atoms with E-state index in [2.05, 4.69) is 5.32 Å². The average molecular weight is 410 g/mol. The van der Waals surface area contributed by atoms with Crippen molar-refractivity contribution >= 4 is 35.0 Å². The Morgan fingerprint density at radius 1 is 1.18 bits per heavy atom. The van der Waals surface area contributed by atoms with Crippen LogP contribution < -0.4 is 15.0 Å². The van der Waals surface area contributed by atoms with E-state index in [-0.39, 0.29) is 34.9 Å². The fourth-order valence-corrected chi connectivity index (χ4v) is 3.41. The Morgan fingerprint density at radius 3 is 2.68 bits per heavy atom. The van der Waals surface area contributed by atoms with Crippen molar-refractivity contribution in [2.45, 2.75) is 23.2 Å². The minimum absolute atomic E-state index is 0.0358. The zero-order valence-corrected chi connectivity index (χ0v) is 15.5. The van der Waals surface area contributed by atoms with E-state index in [9.17, 15) is 22.8 Å². The van der Waals surface area contributed by atoms with Gasteiger partial charge in [0.2, 0.25) is 5.91 Å². The monoisotopic (exact) mass is 410 g/mol. The SMILES string of the molecule is O=C(COc1cccc(N2CCCC2=O)c1)Nc1ccccc1SC(F)(F)F. The van der Waals surface area contributed by atoms with E-state index in [1.54, 1.807) is 29.2 Å². The van der Waals surface area contributed by atoms with Crippen LogP contribution in [0.4, 0.5) is 24.5 Å². The summed E-state index contributed by atoms with van der Waals surface area (Å²) in [6.07, 6.45) is 1.30. The second-order valence-corrected chi connectivity index (χ2v) is 7.13. The highest BCUT2D eigenvalue weighted by molar-refractivity contribution is 8.00. The van der Waals surface area contributed by atoms with Crippen LogP contribution in [0.25, 0.3) is 0 Å². The Hall–Kier alpha value is -2.68. The third-order valence-corrected chi connectivity index (χ3v) is 4.77. The fourth-order valence-electron chi connectivity index (χ4n) is 2.78. The maximum atomic E-state index is 12.6. The summed E-state index contributed by atoms with van der Waals surface area (Å²) in [6.45, 7) is 0.263. The Labute approximate surface area is 163 Å². The third-order valence-electron chi connectivity index (χ3n) is 3.96. The smallest absolute Gasteiger partial charge is 0.446 e. The lowest BCUT2D eigenvalue weighted by atomic mass is 10.3. The van der Waals surface area contributed by atoms with Crippen LogP contribution in [0.15, 0.2) is 53.4 Å². The number of alkyl halides is 3. The molecule has 1 saturated heterocycles. The van der Waals surface area contributed by atoms with E-state index in [0.717, 1.165) is 6.42 Å². The van der Waals surface area contributed by atoms with Crippen LogP contribution in [0.2, 0.25) is 0 Å². The van der Waals surface area contributed by atoms with Crippen molar-refractivity contribution in [3.8, 4) is 5.75 Å². The molecule has 0 bridgehead atoms. The molecule has 3 rings (SSSR count). The van der Waals surface area contributed by atoms with Gasteiger partial charge in [0.15, 0.2) is 6.61 Å². The van der Waals surface area contributed by atoms with E-state index in [4.69, 9.17) is 4.74 Å². The number of thioether (sulfide) groups is 1. The molecule has 1 fully saturated rings. The van der Waals surface area contributed by atoms with Gasteiger partial charge in [-0.05, 0) is 42.4 Å². The molecule has 0 saturated carbocycles. The van der Waals surface area contributed by atoms with Crippen molar-refractivity contribution in [1.29, 1.82) is 0 Å². The van der Waals surface area contributed by atoms with E-state index in [0.29, 0.717) is 24.4 Å². The summed E-state index contributed by atoms with van der Waals surface area (Å²) < 4.78 is 43.3. The summed E-state index contributed by atoms with van der Waals surface area (Å²) in [4.78, 5) is 25.5. The van der Waals surface area contributed by atoms with E-state index in [1.807, 2.05) is 0 Å². The zero-order valence-electron chi connectivity index (χ0n) is 14.7. The number of rotatable bonds is 6. The molecule has 2 aromatic rings. The molecule has 0 aromatic heterocycles. The number of carbonyl (C=O) groups excluding carboxylic acids is 2. The molecular weight excluding hydrogens is 393 g/mol. The standard InChI is InChI=1S/C19H17F3N2O3S/c20-19(21,22)28-16-8-2-1-7-15(16)23-17(25)12-27-14-6-3-5-13(11-14)24-10-4-9-18(24)26/h1-3,5-8,11H,4,9-10,12H2,(H,23,25). The van der Waals surface area contributed by atoms with Crippen LogP contribution in [0.3, 0.4) is 0 Å². The molecule has 1 N–H and O–H groups in total. The first kappa shape index (κ1) is 20.1. The zero-order chi connectivity index (χ0) is 20.1. The highest BCUT2D eigenvalue weighted by Gasteiger charge is 2.30. The molecule has 0 radical (unpaired) electrons. The van der Waals surface area contributed by atoms with Gasteiger partial charge in [0, 0.05) is 29.6 Å². The third kappa shape index (κ3) is 5.41. The first-order valence-corrected chi connectivity index (χ1v) is 9.31. The molecule has 1 aliphatic rings. The fraction of sp³-hybridized carbons (Fsp3) is 0.263. The predicted octanol–water partition coefficient (Wildman–Crippen LogP) is 4.44. The van der Waals surface area contributed by atoms with Crippen molar-refractivity contribution in [1.82, 2.24) is 0 Å². The number of nitrogens with zero attached hydrogens (tertiary/aromatic N) is 1. The first-order chi connectivity index (χ1) is 13.3. The highest BCUT2D eigenvalue weighted by Crippen LogP contribution is 2.40. The van der Waals surface area contributed by atoms with Crippen LogP contribution in [0, 0.1) is 0 Å². The van der Waals surface area contributed by atoms with Crippen LogP contribution in [-0.4, -0.2) is 30.5 Å². The molecule has 2 aromatic carbocycles. The van der Waals surface area contributed by atoms with Crippen molar-refractivity contribution in [3.05, 3.63) is 48.5 Å². The molecule has 2 amide bonds. The normalized spacial score (nSPS) is 14.2. The summed E-state index contributed by atoms with van der Waals surface area (Å²) in [7, 11) is 0. The lowest BCUT2D eigenvalue weighted by Gasteiger charge is -2.17. The largest absolute Gasteiger partial charge is 0.484 e. The first-order valence-electron chi connectivity index (χ1n) is 8.50. The van der Waals surface area contributed by atoms with Gasteiger partial charge >= 0.3 is 5.51 Å². The van der Waals surface area contributed by atoms with Gasteiger partial charge in [0.25, 0.3) is 5.91 Å². The molecule has 5 nitrogen and oxygen atoms in total. The van der Waals surface area contributed by atoms with Crippen LogP contribution in [-0.2, 0) is 9.59 Å². The van der Waals surface area contributed by atoms with E-state index >= 15 is 0 Å². The number of nitrogens with one attached hydrogen (secondary N) is 1. The molecule has 0 aliphatic carbocycles. The van der Waals surface area contributed by atoms with Gasteiger partial charge in [0.05, 0.1) is 5.69 Å². The molecule has 0 spiro atoms. The second-order valence-electron chi connectivity index (χ2n) is 6.03. The van der Waals surface area contributed by atoms with Gasteiger partial charge < -0.3 is 15.0 Å². The lowest BCUT2D eigenvalue weighted by molar-refractivity contribution is -0.118. The maximum Gasteiger partial charge on any atom is 0.446 e. The maximum absolute atomic E-state index is 12.6. The molecule has 1 heterocycles. The number of carbonyl (C=O) groups is 2. The van der Waals surface area contributed by atoms with Gasteiger partial charge in [-0.3, -0.25) is 9.59 Å². The number of anilines is 2. The number of benzene rings is 2. The van der Waals surface area contributed by atoms with Crippen LogP contribution in [0.5, 0.6) is 5.75 Å². The average Bonchev–Trinajstić information content (AvgIpc) is 3.07. The predicted molar refractivity (Wildman–Crippen MR) is 101 cm³/mol. The van der Waals surface area contributed by atoms with Gasteiger partial charge in [-0.25, -0.2) is 0 Å². The molecule has 28 heavy (non-hydrogen) atoms. The Kier molecular flexibility index (Phi) is 6.13. The number of hydrogen-bond donors (Lipinski definition) is 1. The Bertz CT molecular complexity index is 873. The lowest BCUT2D eigenvalue weighted by Crippen LogP contribution is -2.24.